The van der Waals surface area contributed by atoms with Crippen LogP contribution in [-0.2, 0) is 22.3 Å². The summed E-state index contributed by atoms with van der Waals surface area (Å²) in [5.74, 6) is -0.502. The maximum Gasteiger partial charge on any atom is 0.416 e. The molecule has 1 unspecified atom stereocenters. The van der Waals surface area contributed by atoms with E-state index in [1.165, 1.54) is 13.2 Å². The summed E-state index contributed by atoms with van der Waals surface area (Å²) in [5.41, 5.74) is 0.424. The summed E-state index contributed by atoms with van der Waals surface area (Å²) >= 11 is 0. The first-order valence-electron chi connectivity index (χ1n) is 8.35. The topological polar surface area (TPSA) is 38.3 Å². The van der Waals surface area contributed by atoms with Gasteiger partial charge in [-0.25, -0.2) is 4.79 Å². The number of methoxy groups -OCH3 is 1. The van der Waals surface area contributed by atoms with Crippen molar-refractivity contribution in [3.05, 3.63) is 83.4 Å². The lowest BCUT2D eigenvalue weighted by Gasteiger charge is -2.19. The number of hydrogen-bond donors (Lipinski definition) is 1. The van der Waals surface area contributed by atoms with Gasteiger partial charge in [0.25, 0.3) is 0 Å². The number of rotatable bonds is 5. The van der Waals surface area contributed by atoms with Crippen molar-refractivity contribution in [1.82, 2.24) is 5.32 Å². The number of benzene rings is 3. The van der Waals surface area contributed by atoms with E-state index in [1.807, 2.05) is 42.5 Å². The Balaban J connectivity index is 1.90. The van der Waals surface area contributed by atoms with Gasteiger partial charge in [-0.15, -0.1) is 0 Å². The fourth-order valence-corrected chi connectivity index (χ4v) is 3.02. The van der Waals surface area contributed by atoms with Gasteiger partial charge in [0, 0.05) is 6.54 Å². The van der Waals surface area contributed by atoms with Gasteiger partial charge >= 0.3 is 12.1 Å². The number of esters is 1. The number of ether oxygens (including phenoxy) is 1. The largest absolute Gasteiger partial charge is 0.468 e. The van der Waals surface area contributed by atoms with Crippen LogP contribution in [0.15, 0.2) is 66.7 Å². The van der Waals surface area contributed by atoms with Crippen LogP contribution in [0.5, 0.6) is 0 Å². The van der Waals surface area contributed by atoms with Crippen LogP contribution in [0.4, 0.5) is 13.2 Å². The average Bonchev–Trinajstić information content (AvgIpc) is 2.67. The minimum atomic E-state index is -4.41. The molecule has 0 heterocycles. The zero-order valence-corrected chi connectivity index (χ0v) is 14.6. The van der Waals surface area contributed by atoms with Gasteiger partial charge in [0.05, 0.1) is 12.7 Å². The van der Waals surface area contributed by atoms with Crippen molar-refractivity contribution in [2.75, 3.05) is 7.11 Å². The molecule has 6 heteroatoms. The highest BCUT2D eigenvalue weighted by molar-refractivity contribution is 5.91. The molecule has 3 aromatic rings. The van der Waals surface area contributed by atoms with E-state index in [9.17, 15) is 18.0 Å². The van der Waals surface area contributed by atoms with Crippen molar-refractivity contribution in [3.8, 4) is 0 Å². The maximum atomic E-state index is 12.9. The van der Waals surface area contributed by atoms with Gasteiger partial charge in [-0.05, 0) is 28.0 Å². The SMILES string of the molecule is COC(=O)C(NCc1cccc(C(F)(F)F)c1)c1cccc2ccccc12. The molecule has 0 saturated carbocycles. The molecule has 0 aliphatic carbocycles. The molecule has 0 fully saturated rings. The summed E-state index contributed by atoms with van der Waals surface area (Å²) in [7, 11) is 1.28. The quantitative estimate of drug-likeness (QED) is 0.649. The van der Waals surface area contributed by atoms with E-state index in [2.05, 4.69) is 5.32 Å². The molecule has 0 aromatic heterocycles. The molecule has 0 amide bonds. The van der Waals surface area contributed by atoms with Crippen LogP contribution in [0.25, 0.3) is 10.8 Å². The molecule has 140 valence electrons. The maximum absolute atomic E-state index is 12.9. The van der Waals surface area contributed by atoms with E-state index >= 15 is 0 Å². The molecule has 3 nitrogen and oxygen atoms in total. The Labute approximate surface area is 154 Å². The first-order chi connectivity index (χ1) is 12.9. The fourth-order valence-electron chi connectivity index (χ4n) is 3.02. The van der Waals surface area contributed by atoms with Gasteiger partial charge in [0.2, 0.25) is 0 Å². The second-order valence-electron chi connectivity index (χ2n) is 6.10. The number of fused-ring (bicyclic) bond motifs is 1. The molecule has 0 bridgehead atoms. The van der Waals surface area contributed by atoms with Gasteiger partial charge in [-0.2, -0.15) is 13.2 Å². The summed E-state index contributed by atoms with van der Waals surface area (Å²) in [6, 6.07) is 17.4. The lowest BCUT2D eigenvalue weighted by Crippen LogP contribution is -2.29. The second kappa shape index (κ2) is 7.80. The zero-order valence-electron chi connectivity index (χ0n) is 14.6. The van der Waals surface area contributed by atoms with E-state index in [4.69, 9.17) is 4.74 Å². The van der Waals surface area contributed by atoms with Crippen molar-refractivity contribution in [2.24, 2.45) is 0 Å². The van der Waals surface area contributed by atoms with E-state index in [0.717, 1.165) is 22.9 Å². The molecule has 0 aliphatic rings. The van der Waals surface area contributed by atoms with E-state index in [1.54, 1.807) is 6.07 Å². The Hall–Kier alpha value is -2.86. The molecule has 0 spiro atoms. The molecule has 1 atom stereocenters. The van der Waals surface area contributed by atoms with E-state index < -0.39 is 23.8 Å². The second-order valence-corrected chi connectivity index (χ2v) is 6.10. The third-order valence-electron chi connectivity index (χ3n) is 4.34. The van der Waals surface area contributed by atoms with Crippen LogP contribution in [-0.4, -0.2) is 13.1 Å². The Morgan fingerprint density at radius 2 is 1.74 bits per heavy atom. The summed E-state index contributed by atoms with van der Waals surface area (Å²) in [4.78, 5) is 12.3. The monoisotopic (exact) mass is 373 g/mol. The third-order valence-corrected chi connectivity index (χ3v) is 4.34. The average molecular weight is 373 g/mol. The normalized spacial score (nSPS) is 12.7. The molecular weight excluding hydrogens is 355 g/mol. The standard InChI is InChI=1S/C21H18F3NO2/c1-27-20(26)19(18-11-5-8-15-7-2-3-10-17(15)18)25-13-14-6-4-9-16(12-14)21(22,23)24/h2-12,19,25H,13H2,1H3. The molecule has 3 aromatic carbocycles. The lowest BCUT2D eigenvalue weighted by molar-refractivity contribution is -0.143. The fraction of sp³-hybridized carbons (Fsp3) is 0.190. The lowest BCUT2D eigenvalue weighted by atomic mass is 9.98. The molecule has 3 rings (SSSR count). The highest BCUT2D eigenvalue weighted by Gasteiger charge is 2.30. The molecule has 0 aliphatic heterocycles. The summed E-state index contributed by atoms with van der Waals surface area (Å²) in [6.07, 6.45) is -4.41. The molecule has 0 radical (unpaired) electrons. The van der Waals surface area contributed by atoms with E-state index in [-0.39, 0.29) is 6.54 Å². The highest BCUT2D eigenvalue weighted by Crippen LogP contribution is 2.30. The molecule has 27 heavy (non-hydrogen) atoms. The summed E-state index contributed by atoms with van der Waals surface area (Å²) in [5, 5.41) is 4.88. The number of halogens is 3. The first-order valence-corrected chi connectivity index (χ1v) is 8.35. The highest BCUT2D eigenvalue weighted by atomic mass is 19.4. The van der Waals surface area contributed by atoms with Crippen molar-refractivity contribution >= 4 is 16.7 Å². The van der Waals surface area contributed by atoms with E-state index in [0.29, 0.717) is 11.1 Å². The predicted molar refractivity (Wildman–Crippen MR) is 97.0 cm³/mol. The Bertz CT molecular complexity index is 948. The van der Waals surface area contributed by atoms with Gasteiger partial charge in [-0.1, -0.05) is 60.7 Å². The number of carbonyl (C=O) groups is 1. The van der Waals surface area contributed by atoms with Crippen molar-refractivity contribution in [2.45, 2.75) is 18.8 Å². The van der Waals surface area contributed by atoms with Crippen LogP contribution < -0.4 is 5.32 Å². The minimum absolute atomic E-state index is 0.0902. The van der Waals surface area contributed by atoms with Crippen LogP contribution in [0, 0.1) is 0 Å². The van der Waals surface area contributed by atoms with Crippen LogP contribution >= 0.6 is 0 Å². The van der Waals surface area contributed by atoms with Gasteiger partial charge in [-0.3, -0.25) is 5.32 Å². The predicted octanol–water partition coefficient (Wildman–Crippen LogP) is 4.86. The zero-order chi connectivity index (χ0) is 19.4. The number of nitrogens with one attached hydrogen (secondary N) is 1. The molecular formula is C21H18F3NO2. The molecule has 0 saturated heterocycles. The van der Waals surface area contributed by atoms with Crippen molar-refractivity contribution in [3.63, 3.8) is 0 Å². The van der Waals surface area contributed by atoms with Gasteiger partial charge in [0.15, 0.2) is 0 Å². The van der Waals surface area contributed by atoms with Crippen molar-refractivity contribution < 1.29 is 22.7 Å². The van der Waals surface area contributed by atoms with Crippen molar-refractivity contribution in [1.29, 1.82) is 0 Å². The first kappa shape index (κ1) is 18.9. The Kier molecular flexibility index (Phi) is 5.46. The smallest absolute Gasteiger partial charge is 0.416 e. The Morgan fingerprint density at radius 1 is 1.04 bits per heavy atom. The van der Waals surface area contributed by atoms with Crippen LogP contribution in [0.2, 0.25) is 0 Å². The summed E-state index contributed by atoms with van der Waals surface area (Å²) in [6.45, 7) is 0.0902. The van der Waals surface area contributed by atoms with Crippen LogP contribution in [0.1, 0.15) is 22.7 Å². The molecule has 1 N–H and O–H groups in total. The number of alkyl halides is 3. The third kappa shape index (κ3) is 4.28. The van der Waals surface area contributed by atoms with Crippen LogP contribution in [0.3, 0.4) is 0 Å². The van der Waals surface area contributed by atoms with Gasteiger partial charge in [0.1, 0.15) is 6.04 Å². The van der Waals surface area contributed by atoms with Gasteiger partial charge < -0.3 is 4.74 Å². The number of hydrogen-bond acceptors (Lipinski definition) is 3. The number of carbonyl (C=O) groups excluding carboxylic acids is 1. The minimum Gasteiger partial charge on any atom is -0.468 e. The Morgan fingerprint density at radius 3 is 2.48 bits per heavy atom. The summed E-state index contributed by atoms with van der Waals surface area (Å²) < 4.78 is 43.6.